The van der Waals surface area contributed by atoms with Crippen LogP contribution in [0.5, 0.6) is 5.75 Å². The summed E-state index contributed by atoms with van der Waals surface area (Å²) in [5.41, 5.74) is 0.773. The maximum absolute atomic E-state index is 10.8. The van der Waals surface area contributed by atoms with Crippen molar-refractivity contribution in [1.82, 2.24) is 0 Å². The molecular weight excluding hydrogens is 286 g/mol. The van der Waals surface area contributed by atoms with Gasteiger partial charge >= 0.3 is 6.41 Å². The van der Waals surface area contributed by atoms with Crippen LogP contribution in [0.2, 0.25) is 0 Å². The molecule has 0 spiro atoms. The molecule has 3 heteroatoms. The second kappa shape index (κ2) is 13.0. The van der Waals surface area contributed by atoms with Crippen LogP contribution in [-0.2, 0) is 4.79 Å². The van der Waals surface area contributed by atoms with E-state index in [1.165, 1.54) is 62.7 Å². The number of hydrogen-bond donors (Lipinski definition) is 0. The lowest BCUT2D eigenvalue weighted by Gasteiger charge is -2.15. The third kappa shape index (κ3) is 8.63. The van der Waals surface area contributed by atoms with Crippen LogP contribution in [-0.4, -0.2) is 20.1 Å². The molecule has 23 heavy (non-hydrogen) atoms. The van der Waals surface area contributed by atoms with Crippen molar-refractivity contribution < 1.29 is 9.53 Å². The average Bonchev–Trinajstić information content (AvgIpc) is 2.59. The van der Waals surface area contributed by atoms with Gasteiger partial charge in [-0.05, 0) is 18.6 Å². The van der Waals surface area contributed by atoms with E-state index in [0.717, 1.165) is 17.9 Å². The van der Waals surface area contributed by atoms with Crippen molar-refractivity contribution in [2.45, 2.75) is 71.1 Å². The van der Waals surface area contributed by atoms with Gasteiger partial charge in [0.05, 0.1) is 12.3 Å². The average molecular weight is 318 g/mol. The van der Waals surface area contributed by atoms with Crippen LogP contribution < -0.4 is 9.64 Å². The van der Waals surface area contributed by atoms with Crippen LogP contribution in [0.15, 0.2) is 24.3 Å². The predicted octanol–water partition coefficient (Wildman–Crippen LogP) is 5.49. The number of unbranched alkanes of at least 4 members (excludes halogenated alkanes) is 9. The van der Waals surface area contributed by atoms with Gasteiger partial charge in [0.1, 0.15) is 5.75 Å². The zero-order valence-corrected chi connectivity index (χ0v) is 14.9. The van der Waals surface area contributed by atoms with Crippen LogP contribution in [0.4, 0.5) is 5.69 Å². The molecule has 0 aliphatic heterocycles. The molecular formula is C20H32NO2. The van der Waals surface area contributed by atoms with Crippen molar-refractivity contribution in [3.8, 4) is 5.75 Å². The highest BCUT2D eigenvalue weighted by Crippen LogP contribution is 2.26. The lowest BCUT2D eigenvalue weighted by Crippen LogP contribution is -2.15. The summed E-state index contributed by atoms with van der Waals surface area (Å²) >= 11 is 0. The van der Waals surface area contributed by atoms with Crippen molar-refractivity contribution in [1.29, 1.82) is 0 Å². The van der Waals surface area contributed by atoms with Crippen molar-refractivity contribution in [3.63, 3.8) is 0 Å². The van der Waals surface area contributed by atoms with Gasteiger partial charge in [0.15, 0.2) is 0 Å². The summed E-state index contributed by atoms with van der Waals surface area (Å²) < 4.78 is 5.81. The SMILES string of the molecule is CCCCCCCCCCCCOc1ccccc1N(C)[C]=O. The molecule has 1 amide bonds. The smallest absolute Gasteiger partial charge is 0.316 e. The van der Waals surface area contributed by atoms with Crippen LogP contribution in [0.25, 0.3) is 0 Å². The van der Waals surface area contributed by atoms with Crippen molar-refractivity contribution >= 4 is 12.1 Å². The predicted molar refractivity (Wildman–Crippen MR) is 97.9 cm³/mol. The Morgan fingerprint density at radius 3 is 2.09 bits per heavy atom. The number of hydrogen-bond acceptors (Lipinski definition) is 2. The summed E-state index contributed by atoms with van der Waals surface area (Å²) in [6, 6.07) is 7.60. The first-order valence-electron chi connectivity index (χ1n) is 9.13. The van der Waals surface area contributed by atoms with E-state index in [2.05, 4.69) is 6.92 Å². The minimum Gasteiger partial charge on any atom is -0.491 e. The summed E-state index contributed by atoms with van der Waals surface area (Å²) in [4.78, 5) is 12.2. The molecule has 3 nitrogen and oxygen atoms in total. The molecule has 0 saturated carbocycles. The molecule has 0 fully saturated rings. The Kier molecular flexibility index (Phi) is 11.0. The van der Waals surface area contributed by atoms with Crippen molar-refractivity contribution in [2.75, 3.05) is 18.6 Å². The third-order valence-corrected chi connectivity index (χ3v) is 4.12. The van der Waals surface area contributed by atoms with E-state index in [1.54, 1.807) is 7.05 Å². The van der Waals surface area contributed by atoms with Gasteiger partial charge in [0, 0.05) is 7.05 Å². The topological polar surface area (TPSA) is 29.5 Å². The van der Waals surface area contributed by atoms with E-state index in [1.807, 2.05) is 30.7 Å². The monoisotopic (exact) mass is 318 g/mol. The van der Waals surface area contributed by atoms with Gasteiger partial charge in [-0.1, -0.05) is 76.8 Å². The Bertz CT molecular complexity index is 420. The standard InChI is InChI=1S/C20H32NO2/c1-3-4-5-6-7-8-9-10-11-14-17-23-20-16-13-12-15-19(20)21(2)18-22/h12-13,15-16H,3-11,14,17H2,1-2H3. The molecule has 129 valence electrons. The minimum absolute atomic E-state index is 0.709. The van der Waals surface area contributed by atoms with Crippen molar-refractivity contribution in [2.24, 2.45) is 0 Å². The molecule has 0 aromatic heterocycles. The van der Waals surface area contributed by atoms with E-state index in [4.69, 9.17) is 4.74 Å². The number of carbonyl (C=O) groups excluding carboxylic acids is 1. The Morgan fingerprint density at radius 2 is 1.48 bits per heavy atom. The maximum Gasteiger partial charge on any atom is 0.316 e. The first kappa shape index (κ1) is 19.5. The van der Waals surface area contributed by atoms with E-state index in [9.17, 15) is 4.79 Å². The highest BCUT2D eigenvalue weighted by molar-refractivity contribution is 5.78. The fraction of sp³-hybridized carbons (Fsp3) is 0.650. The van der Waals surface area contributed by atoms with Crippen LogP contribution in [0.3, 0.4) is 0 Å². The zero-order chi connectivity index (χ0) is 16.8. The molecule has 0 atom stereocenters. The van der Waals surface area contributed by atoms with Gasteiger partial charge in [0.2, 0.25) is 0 Å². The highest BCUT2D eigenvalue weighted by Gasteiger charge is 2.07. The van der Waals surface area contributed by atoms with E-state index in [0.29, 0.717) is 6.61 Å². The number of rotatable bonds is 14. The summed E-state index contributed by atoms with van der Waals surface area (Å²) in [5.74, 6) is 0.759. The number of benzene rings is 1. The van der Waals surface area contributed by atoms with Crippen LogP contribution in [0.1, 0.15) is 71.1 Å². The van der Waals surface area contributed by atoms with Gasteiger partial charge < -0.3 is 9.64 Å². The Balaban J connectivity index is 2.06. The van der Waals surface area contributed by atoms with Gasteiger partial charge in [-0.25, -0.2) is 0 Å². The first-order valence-corrected chi connectivity index (χ1v) is 9.13. The number of nitrogens with zero attached hydrogens (tertiary/aromatic N) is 1. The molecule has 1 aromatic carbocycles. The van der Waals surface area contributed by atoms with Gasteiger partial charge in [-0.3, -0.25) is 4.79 Å². The second-order valence-corrected chi connectivity index (χ2v) is 6.15. The summed E-state index contributed by atoms with van der Waals surface area (Å²) in [6.07, 6.45) is 15.0. The van der Waals surface area contributed by atoms with E-state index >= 15 is 0 Å². The Labute approximate surface area is 142 Å². The molecule has 0 aliphatic rings. The quantitative estimate of drug-likeness (QED) is 0.335. The molecule has 0 heterocycles. The third-order valence-electron chi connectivity index (χ3n) is 4.12. The second-order valence-electron chi connectivity index (χ2n) is 6.15. The van der Waals surface area contributed by atoms with Crippen molar-refractivity contribution in [3.05, 3.63) is 24.3 Å². The molecule has 0 aliphatic carbocycles. The number of anilines is 1. The normalized spacial score (nSPS) is 10.5. The summed E-state index contributed by atoms with van der Waals surface area (Å²) in [7, 11) is 1.69. The number of para-hydroxylation sites is 2. The number of amides is 1. The van der Waals surface area contributed by atoms with Gasteiger partial charge in [0.25, 0.3) is 0 Å². The number of ether oxygens (including phenoxy) is 1. The summed E-state index contributed by atoms with van der Waals surface area (Å²) in [6.45, 7) is 2.97. The lowest BCUT2D eigenvalue weighted by molar-refractivity contribution is 0.305. The molecule has 0 bridgehead atoms. The Hall–Kier alpha value is -1.51. The fourth-order valence-electron chi connectivity index (χ4n) is 2.68. The largest absolute Gasteiger partial charge is 0.491 e. The van der Waals surface area contributed by atoms with Gasteiger partial charge in [-0.15, -0.1) is 0 Å². The zero-order valence-electron chi connectivity index (χ0n) is 14.9. The molecule has 1 radical (unpaired) electrons. The first-order chi connectivity index (χ1) is 11.3. The molecule has 1 aromatic rings. The molecule has 0 saturated heterocycles. The summed E-state index contributed by atoms with van der Waals surface area (Å²) in [5, 5.41) is 0. The molecule has 1 rings (SSSR count). The highest BCUT2D eigenvalue weighted by atomic mass is 16.5. The maximum atomic E-state index is 10.8. The van der Waals surface area contributed by atoms with Gasteiger partial charge in [-0.2, -0.15) is 0 Å². The van der Waals surface area contributed by atoms with Crippen LogP contribution >= 0.6 is 0 Å². The minimum atomic E-state index is 0.709. The molecule has 0 unspecified atom stereocenters. The van der Waals surface area contributed by atoms with Crippen LogP contribution in [0, 0.1) is 0 Å². The Morgan fingerprint density at radius 1 is 0.913 bits per heavy atom. The molecule has 0 N–H and O–H groups in total. The van der Waals surface area contributed by atoms with E-state index in [-0.39, 0.29) is 0 Å². The lowest BCUT2D eigenvalue weighted by atomic mass is 10.1. The van der Waals surface area contributed by atoms with E-state index < -0.39 is 0 Å². The fourth-order valence-corrected chi connectivity index (χ4v) is 2.68.